The molecule has 1 saturated heterocycles. The second-order valence-corrected chi connectivity index (χ2v) is 7.01. The van der Waals surface area contributed by atoms with Crippen molar-refractivity contribution < 1.29 is 14.1 Å². The van der Waals surface area contributed by atoms with Gasteiger partial charge in [0.05, 0.1) is 6.04 Å². The lowest BCUT2D eigenvalue weighted by molar-refractivity contribution is 0.177. The molecule has 26 heavy (non-hydrogen) atoms. The van der Waals surface area contributed by atoms with Crippen molar-refractivity contribution in [3.8, 4) is 0 Å². The Morgan fingerprint density at radius 3 is 2.65 bits per heavy atom. The number of aromatic nitrogens is 4. The van der Waals surface area contributed by atoms with E-state index in [9.17, 15) is 4.79 Å². The van der Waals surface area contributed by atoms with Crippen molar-refractivity contribution in [2.45, 2.75) is 52.6 Å². The molecule has 9 nitrogen and oxygen atoms in total. The molecule has 3 heterocycles. The van der Waals surface area contributed by atoms with Gasteiger partial charge in [-0.25, -0.2) is 9.78 Å². The zero-order chi connectivity index (χ0) is 18.8. The number of ether oxygens (including phenoxy) is 1. The van der Waals surface area contributed by atoms with Crippen LogP contribution < -0.4 is 10.2 Å². The van der Waals surface area contributed by atoms with Gasteiger partial charge in [0.25, 0.3) is 0 Å². The molecule has 0 aromatic carbocycles. The third-order valence-corrected chi connectivity index (χ3v) is 4.25. The van der Waals surface area contributed by atoms with E-state index in [1.165, 1.54) is 0 Å². The summed E-state index contributed by atoms with van der Waals surface area (Å²) in [4.78, 5) is 26.7. The first kappa shape index (κ1) is 18.1. The van der Waals surface area contributed by atoms with Crippen LogP contribution >= 0.6 is 0 Å². The van der Waals surface area contributed by atoms with Crippen LogP contribution in [0.2, 0.25) is 0 Å². The van der Waals surface area contributed by atoms with Gasteiger partial charge in [0.2, 0.25) is 11.8 Å². The van der Waals surface area contributed by atoms with Gasteiger partial charge in [-0.15, -0.1) is 0 Å². The SMILES string of the molecule is CC(C)c1noc([C@@H](C)Nc2nccc(N3C(=O)OCC3C(C)C)n2)n1. The van der Waals surface area contributed by atoms with Gasteiger partial charge in [-0.1, -0.05) is 32.9 Å². The fourth-order valence-corrected chi connectivity index (χ4v) is 2.66. The smallest absolute Gasteiger partial charge is 0.415 e. The van der Waals surface area contributed by atoms with Crippen LogP contribution in [0.1, 0.15) is 58.3 Å². The normalized spacial score (nSPS) is 18.5. The molecule has 2 aromatic rings. The summed E-state index contributed by atoms with van der Waals surface area (Å²) in [7, 11) is 0. The molecule has 0 aliphatic carbocycles. The first-order chi connectivity index (χ1) is 12.4. The van der Waals surface area contributed by atoms with Gasteiger partial charge in [-0.2, -0.15) is 9.97 Å². The molecular weight excluding hydrogens is 336 g/mol. The molecule has 0 radical (unpaired) electrons. The van der Waals surface area contributed by atoms with Crippen LogP contribution in [-0.2, 0) is 4.74 Å². The summed E-state index contributed by atoms with van der Waals surface area (Å²) in [5.41, 5.74) is 0. The minimum absolute atomic E-state index is 0.0489. The average Bonchev–Trinajstić information content (AvgIpc) is 3.22. The minimum atomic E-state index is -0.389. The van der Waals surface area contributed by atoms with Crippen molar-refractivity contribution in [1.29, 1.82) is 0 Å². The van der Waals surface area contributed by atoms with E-state index in [1.807, 2.05) is 34.6 Å². The number of rotatable bonds is 6. The quantitative estimate of drug-likeness (QED) is 0.837. The Kier molecular flexibility index (Phi) is 5.06. The van der Waals surface area contributed by atoms with Gasteiger partial charge in [0.1, 0.15) is 18.5 Å². The van der Waals surface area contributed by atoms with E-state index in [-0.39, 0.29) is 30.0 Å². The number of nitrogens with one attached hydrogen (secondary N) is 1. The van der Waals surface area contributed by atoms with E-state index in [2.05, 4.69) is 25.4 Å². The van der Waals surface area contributed by atoms with Crippen LogP contribution in [0.25, 0.3) is 0 Å². The molecule has 0 bridgehead atoms. The van der Waals surface area contributed by atoms with Gasteiger partial charge in [0, 0.05) is 12.1 Å². The Labute approximate surface area is 152 Å². The fraction of sp³-hybridized carbons (Fsp3) is 0.588. The highest BCUT2D eigenvalue weighted by Gasteiger charge is 2.37. The molecule has 3 rings (SSSR count). The number of amides is 1. The van der Waals surface area contributed by atoms with Crippen LogP contribution in [0.4, 0.5) is 16.6 Å². The Bertz CT molecular complexity index is 775. The Morgan fingerprint density at radius 1 is 1.23 bits per heavy atom. The Morgan fingerprint density at radius 2 is 2.00 bits per heavy atom. The predicted octanol–water partition coefficient (Wildman–Crippen LogP) is 3.14. The number of hydrogen-bond donors (Lipinski definition) is 1. The van der Waals surface area contributed by atoms with Gasteiger partial charge in [-0.3, -0.25) is 4.90 Å². The third kappa shape index (κ3) is 3.61. The number of carbonyl (C=O) groups is 1. The highest BCUT2D eigenvalue weighted by molar-refractivity contribution is 5.89. The lowest BCUT2D eigenvalue weighted by atomic mass is 10.0. The van der Waals surface area contributed by atoms with Crippen molar-refractivity contribution in [3.05, 3.63) is 24.0 Å². The summed E-state index contributed by atoms with van der Waals surface area (Å²) in [6.07, 6.45) is 1.22. The van der Waals surface area contributed by atoms with Crippen molar-refractivity contribution in [1.82, 2.24) is 20.1 Å². The average molecular weight is 360 g/mol. The predicted molar refractivity (Wildman–Crippen MR) is 94.9 cm³/mol. The van der Waals surface area contributed by atoms with Gasteiger partial charge < -0.3 is 14.6 Å². The van der Waals surface area contributed by atoms with Crippen LogP contribution in [0.15, 0.2) is 16.8 Å². The highest BCUT2D eigenvalue weighted by Crippen LogP contribution is 2.26. The molecule has 2 atom stereocenters. The minimum Gasteiger partial charge on any atom is -0.447 e. The molecular formula is C17H24N6O3. The molecule has 1 unspecified atom stereocenters. The first-order valence-electron chi connectivity index (χ1n) is 8.76. The monoisotopic (exact) mass is 360 g/mol. The molecule has 1 aliphatic heterocycles. The maximum atomic E-state index is 12.1. The molecule has 2 aromatic heterocycles. The third-order valence-electron chi connectivity index (χ3n) is 4.25. The number of nitrogens with zero attached hydrogens (tertiary/aromatic N) is 5. The number of hydrogen-bond acceptors (Lipinski definition) is 8. The second-order valence-electron chi connectivity index (χ2n) is 7.01. The van der Waals surface area contributed by atoms with Crippen molar-refractivity contribution >= 4 is 17.9 Å². The molecule has 1 fully saturated rings. The lowest BCUT2D eigenvalue weighted by Gasteiger charge is -2.23. The standard InChI is InChI=1S/C17H24N6O3/c1-9(2)12-8-25-17(24)23(12)13-6-7-18-16(20-13)19-11(5)15-21-14(10(3)4)22-26-15/h6-7,9-12H,8H2,1-5H3,(H,18,19,20)/t11-,12?/m1/s1. The van der Waals surface area contributed by atoms with E-state index in [1.54, 1.807) is 17.2 Å². The molecule has 1 N–H and O–H groups in total. The number of cyclic esters (lactones) is 1. The van der Waals surface area contributed by atoms with Crippen LogP contribution in [0, 0.1) is 5.92 Å². The van der Waals surface area contributed by atoms with E-state index in [0.29, 0.717) is 30.1 Å². The van der Waals surface area contributed by atoms with E-state index >= 15 is 0 Å². The Balaban J connectivity index is 1.77. The topological polar surface area (TPSA) is 106 Å². The summed E-state index contributed by atoms with van der Waals surface area (Å²) in [6, 6.07) is 1.38. The first-order valence-corrected chi connectivity index (χ1v) is 8.76. The maximum Gasteiger partial charge on any atom is 0.415 e. The second kappa shape index (κ2) is 7.27. The zero-order valence-electron chi connectivity index (χ0n) is 15.6. The summed E-state index contributed by atoms with van der Waals surface area (Å²) in [5.74, 6) is 2.44. The maximum absolute atomic E-state index is 12.1. The van der Waals surface area contributed by atoms with Crippen LogP contribution in [0.5, 0.6) is 0 Å². The fourth-order valence-electron chi connectivity index (χ4n) is 2.66. The summed E-state index contributed by atoms with van der Waals surface area (Å²) in [6.45, 7) is 10.3. The van der Waals surface area contributed by atoms with E-state index < -0.39 is 0 Å². The summed E-state index contributed by atoms with van der Waals surface area (Å²) in [5, 5.41) is 7.10. The van der Waals surface area contributed by atoms with Crippen LogP contribution in [-0.4, -0.2) is 38.9 Å². The highest BCUT2D eigenvalue weighted by atomic mass is 16.6. The molecule has 9 heteroatoms. The van der Waals surface area contributed by atoms with Crippen LogP contribution in [0.3, 0.4) is 0 Å². The Hall–Kier alpha value is -2.71. The van der Waals surface area contributed by atoms with E-state index in [0.717, 1.165) is 0 Å². The summed E-state index contributed by atoms with van der Waals surface area (Å²) >= 11 is 0. The number of anilines is 2. The number of carbonyl (C=O) groups excluding carboxylic acids is 1. The van der Waals surface area contributed by atoms with Crippen molar-refractivity contribution in [2.75, 3.05) is 16.8 Å². The van der Waals surface area contributed by atoms with Gasteiger partial charge >= 0.3 is 6.09 Å². The summed E-state index contributed by atoms with van der Waals surface area (Å²) < 4.78 is 10.5. The molecule has 140 valence electrons. The zero-order valence-corrected chi connectivity index (χ0v) is 15.6. The molecule has 0 spiro atoms. The van der Waals surface area contributed by atoms with Crippen molar-refractivity contribution in [3.63, 3.8) is 0 Å². The lowest BCUT2D eigenvalue weighted by Crippen LogP contribution is -2.37. The van der Waals surface area contributed by atoms with Gasteiger partial charge in [0.15, 0.2) is 5.82 Å². The molecule has 0 saturated carbocycles. The molecule has 1 amide bonds. The van der Waals surface area contributed by atoms with Crippen molar-refractivity contribution in [2.24, 2.45) is 5.92 Å². The van der Waals surface area contributed by atoms with Gasteiger partial charge in [-0.05, 0) is 18.9 Å². The largest absolute Gasteiger partial charge is 0.447 e. The molecule has 1 aliphatic rings. The van der Waals surface area contributed by atoms with E-state index in [4.69, 9.17) is 9.26 Å².